The summed E-state index contributed by atoms with van der Waals surface area (Å²) in [5, 5.41) is 0.520. The highest BCUT2D eigenvalue weighted by Crippen LogP contribution is 2.19. The molecule has 0 aliphatic carbocycles. The lowest BCUT2D eigenvalue weighted by Gasteiger charge is -2.15. The van der Waals surface area contributed by atoms with Crippen molar-refractivity contribution in [2.45, 2.75) is 31.9 Å². The van der Waals surface area contributed by atoms with Gasteiger partial charge in [0.25, 0.3) is 0 Å². The van der Waals surface area contributed by atoms with Gasteiger partial charge in [0.1, 0.15) is 5.75 Å². The summed E-state index contributed by atoms with van der Waals surface area (Å²) in [6.45, 7) is 3.48. The van der Waals surface area contributed by atoms with E-state index >= 15 is 0 Å². The first-order chi connectivity index (χ1) is 9.39. The number of hydrogen-bond donors (Lipinski definition) is 0. The first-order valence-corrected chi connectivity index (χ1v) is 9.63. The molecule has 1 aromatic carbocycles. The van der Waals surface area contributed by atoms with Crippen molar-refractivity contribution in [3.05, 3.63) is 29.8 Å². The van der Waals surface area contributed by atoms with Crippen LogP contribution in [-0.4, -0.2) is 31.9 Å². The van der Waals surface area contributed by atoms with Crippen LogP contribution in [0.4, 0.5) is 0 Å². The van der Waals surface area contributed by atoms with Gasteiger partial charge in [0.2, 0.25) is 0 Å². The van der Waals surface area contributed by atoms with E-state index in [-0.39, 0.29) is 11.0 Å². The normalized spacial score (nSPS) is 13.4. The second kappa shape index (κ2) is 8.03. The van der Waals surface area contributed by atoms with Crippen LogP contribution in [0.2, 0.25) is 0 Å². The van der Waals surface area contributed by atoms with Crippen molar-refractivity contribution in [2.75, 3.05) is 18.2 Å². The standard InChI is InChI=1S/C15H23BrO3S/c1-12(2)20(17,18)9-8-14(11-16)10-13-4-6-15(19-3)7-5-13/h4-7,12,14H,8-11H2,1-3H3. The minimum Gasteiger partial charge on any atom is -0.497 e. The zero-order valence-corrected chi connectivity index (χ0v) is 14.7. The Bertz CT molecular complexity index is 494. The van der Waals surface area contributed by atoms with Gasteiger partial charge in [-0.3, -0.25) is 0 Å². The molecule has 0 saturated carbocycles. The lowest BCUT2D eigenvalue weighted by Crippen LogP contribution is -2.21. The molecule has 0 spiro atoms. The second-order valence-corrected chi connectivity index (χ2v) is 8.60. The van der Waals surface area contributed by atoms with E-state index in [2.05, 4.69) is 15.9 Å². The molecule has 114 valence electrons. The van der Waals surface area contributed by atoms with Gasteiger partial charge in [0.05, 0.1) is 18.1 Å². The fraction of sp³-hybridized carbons (Fsp3) is 0.600. The summed E-state index contributed by atoms with van der Waals surface area (Å²) in [6, 6.07) is 7.94. The number of benzene rings is 1. The van der Waals surface area contributed by atoms with Gasteiger partial charge >= 0.3 is 0 Å². The number of alkyl halides is 1. The maximum Gasteiger partial charge on any atom is 0.152 e. The summed E-state index contributed by atoms with van der Waals surface area (Å²) in [5.41, 5.74) is 1.21. The van der Waals surface area contributed by atoms with Gasteiger partial charge in [-0.1, -0.05) is 28.1 Å². The maximum atomic E-state index is 11.9. The molecule has 0 N–H and O–H groups in total. The van der Waals surface area contributed by atoms with E-state index in [0.29, 0.717) is 12.3 Å². The minimum atomic E-state index is -2.95. The van der Waals surface area contributed by atoms with E-state index in [0.717, 1.165) is 17.5 Å². The molecule has 5 heteroatoms. The number of rotatable bonds is 8. The number of methoxy groups -OCH3 is 1. The van der Waals surface area contributed by atoms with Gasteiger partial charge in [-0.05, 0) is 50.3 Å². The largest absolute Gasteiger partial charge is 0.497 e. The van der Waals surface area contributed by atoms with Crippen LogP contribution in [-0.2, 0) is 16.3 Å². The molecule has 1 aromatic rings. The second-order valence-electron chi connectivity index (χ2n) is 5.28. The van der Waals surface area contributed by atoms with Crippen LogP contribution in [0.1, 0.15) is 25.8 Å². The van der Waals surface area contributed by atoms with Crippen molar-refractivity contribution >= 4 is 25.8 Å². The molecule has 0 aliphatic rings. The van der Waals surface area contributed by atoms with Crippen LogP contribution in [0, 0.1) is 5.92 Å². The van der Waals surface area contributed by atoms with E-state index in [1.165, 1.54) is 5.56 Å². The Morgan fingerprint density at radius 2 is 1.80 bits per heavy atom. The molecule has 20 heavy (non-hydrogen) atoms. The van der Waals surface area contributed by atoms with Gasteiger partial charge in [0.15, 0.2) is 9.84 Å². The number of ether oxygens (including phenoxy) is 1. The first-order valence-electron chi connectivity index (χ1n) is 6.79. The molecule has 1 rings (SSSR count). The monoisotopic (exact) mass is 362 g/mol. The van der Waals surface area contributed by atoms with Crippen LogP contribution in [0.3, 0.4) is 0 Å². The van der Waals surface area contributed by atoms with Gasteiger partial charge in [-0.25, -0.2) is 8.42 Å². The van der Waals surface area contributed by atoms with E-state index in [1.54, 1.807) is 21.0 Å². The van der Waals surface area contributed by atoms with Crippen molar-refractivity contribution in [1.82, 2.24) is 0 Å². The van der Waals surface area contributed by atoms with Crippen LogP contribution in [0.5, 0.6) is 5.75 Å². The van der Waals surface area contributed by atoms with E-state index in [9.17, 15) is 8.42 Å². The molecule has 0 aliphatic heterocycles. The Kier molecular flexibility index (Phi) is 7.03. The molecule has 0 fully saturated rings. The Labute approximate surface area is 130 Å². The maximum absolute atomic E-state index is 11.9. The van der Waals surface area contributed by atoms with Crippen molar-refractivity contribution in [2.24, 2.45) is 5.92 Å². The summed E-state index contributed by atoms with van der Waals surface area (Å²) in [5.74, 6) is 1.43. The summed E-state index contributed by atoms with van der Waals surface area (Å²) in [4.78, 5) is 0. The van der Waals surface area contributed by atoms with Crippen molar-refractivity contribution in [1.29, 1.82) is 0 Å². The predicted molar refractivity (Wildman–Crippen MR) is 87.5 cm³/mol. The third kappa shape index (κ3) is 5.44. The van der Waals surface area contributed by atoms with Crippen LogP contribution in [0.25, 0.3) is 0 Å². The minimum absolute atomic E-state index is 0.261. The third-order valence-corrected chi connectivity index (χ3v) is 6.59. The highest BCUT2D eigenvalue weighted by Gasteiger charge is 2.18. The molecule has 0 aromatic heterocycles. The third-order valence-electron chi connectivity index (χ3n) is 3.43. The van der Waals surface area contributed by atoms with Crippen molar-refractivity contribution < 1.29 is 13.2 Å². The zero-order chi connectivity index (χ0) is 15.2. The Hall–Kier alpha value is -0.550. The lowest BCUT2D eigenvalue weighted by atomic mass is 9.99. The van der Waals surface area contributed by atoms with Gasteiger partial charge < -0.3 is 4.74 Å². The predicted octanol–water partition coefficient (Wildman–Crippen LogP) is 3.46. The zero-order valence-electron chi connectivity index (χ0n) is 12.3. The molecule has 0 saturated heterocycles. The molecular formula is C15H23BrO3S. The van der Waals surface area contributed by atoms with Crippen LogP contribution >= 0.6 is 15.9 Å². The number of halogens is 1. The summed E-state index contributed by atoms with van der Waals surface area (Å²) < 4.78 is 28.8. The Morgan fingerprint density at radius 1 is 1.20 bits per heavy atom. The highest BCUT2D eigenvalue weighted by atomic mass is 79.9. The molecule has 0 amide bonds. The van der Waals surface area contributed by atoms with Gasteiger partial charge in [-0.2, -0.15) is 0 Å². The van der Waals surface area contributed by atoms with E-state index < -0.39 is 9.84 Å². The fourth-order valence-corrected chi connectivity index (χ4v) is 3.58. The molecular weight excluding hydrogens is 340 g/mol. The van der Waals surface area contributed by atoms with Gasteiger partial charge in [-0.15, -0.1) is 0 Å². The molecule has 1 atom stereocenters. The smallest absolute Gasteiger partial charge is 0.152 e. The number of sulfone groups is 1. The Morgan fingerprint density at radius 3 is 2.25 bits per heavy atom. The highest BCUT2D eigenvalue weighted by molar-refractivity contribution is 9.09. The van der Waals surface area contributed by atoms with Crippen LogP contribution in [0.15, 0.2) is 24.3 Å². The molecule has 1 unspecified atom stereocenters. The summed E-state index contributed by atoms with van der Waals surface area (Å²) in [7, 11) is -1.30. The van der Waals surface area contributed by atoms with Crippen molar-refractivity contribution in [3.8, 4) is 5.75 Å². The molecule has 3 nitrogen and oxygen atoms in total. The van der Waals surface area contributed by atoms with Gasteiger partial charge in [0, 0.05) is 5.33 Å². The fourth-order valence-electron chi connectivity index (χ4n) is 1.90. The van der Waals surface area contributed by atoms with Crippen LogP contribution < -0.4 is 4.74 Å². The quantitative estimate of drug-likeness (QED) is 0.665. The average molecular weight is 363 g/mol. The first kappa shape index (κ1) is 17.5. The topological polar surface area (TPSA) is 43.4 Å². The van der Waals surface area contributed by atoms with E-state index in [1.807, 2.05) is 24.3 Å². The number of hydrogen-bond acceptors (Lipinski definition) is 3. The summed E-state index contributed by atoms with van der Waals surface area (Å²) in [6.07, 6.45) is 1.57. The summed E-state index contributed by atoms with van der Waals surface area (Å²) >= 11 is 3.49. The lowest BCUT2D eigenvalue weighted by molar-refractivity contribution is 0.414. The molecule has 0 heterocycles. The Balaban J connectivity index is 2.58. The van der Waals surface area contributed by atoms with Crippen molar-refractivity contribution in [3.63, 3.8) is 0 Å². The molecule has 0 bridgehead atoms. The van der Waals surface area contributed by atoms with E-state index in [4.69, 9.17) is 4.74 Å². The molecule has 0 radical (unpaired) electrons. The SMILES string of the molecule is COc1ccc(CC(CBr)CCS(=O)(=O)C(C)C)cc1. The average Bonchev–Trinajstić information content (AvgIpc) is 2.44.